The van der Waals surface area contributed by atoms with Crippen molar-refractivity contribution in [2.45, 2.75) is 33.7 Å². The number of nitrogens with zero attached hydrogens (tertiary/aromatic N) is 2. The van der Waals surface area contributed by atoms with Crippen molar-refractivity contribution in [2.24, 2.45) is 4.99 Å². The van der Waals surface area contributed by atoms with Crippen LogP contribution >= 0.6 is 11.3 Å². The summed E-state index contributed by atoms with van der Waals surface area (Å²) in [6, 6.07) is 5.40. The Kier molecular flexibility index (Phi) is 7.03. The van der Waals surface area contributed by atoms with Crippen molar-refractivity contribution in [3.63, 3.8) is 0 Å². The highest BCUT2D eigenvalue weighted by Gasteiger charge is 2.31. The van der Waals surface area contributed by atoms with Gasteiger partial charge in [0.2, 0.25) is 0 Å². The van der Waals surface area contributed by atoms with E-state index in [9.17, 15) is 9.18 Å². The summed E-state index contributed by atoms with van der Waals surface area (Å²) in [6.07, 6.45) is 1.69. The zero-order valence-electron chi connectivity index (χ0n) is 15.2. The van der Waals surface area contributed by atoms with Crippen LogP contribution in [0.15, 0.2) is 52.1 Å². The Morgan fingerprint density at radius 2 is 2.00 bits per heavy atom. The van der Waals surface area contributed by atoms with Gasteiger partial charge in [0.05, 0.1) is 12.2 Å². The summed E-state index contributed by atoms with van der Waals surface area (Å²) < 4.78 is 18.4. The van der Waals surface area contributed by atoms with Gasteiger partial charge in [-0.3, -0.25) is 4.99 Å². The molecule has 0 saturated heterocycles. The maximum Gasteiger partial charge on any atom is 0.338 e. The lowest BCUT2D eigenvalue weighted by Gasteiger charge is -2.25. The second kappa shape index (κ2) is 9.24. The van der Waals surface area contributed by atoms with Crippen molar-refractivity contribution in [1.82, 2.24) is 10.3 Å². The summed E-state index contributed by atoms with van der Waals surface area (Å²) in [4.78, 5) is 21.3. The highest BCUT2D eigenvalue weighted by atomic mass is 32.1. The van der Waals surface area contributed by atoms with Gasteiger partial charge in [-0.1, -0.05) is 26.0 Å². The van der Waals surface area contributed by atoms with Gasteiger partial charge in [0, 0.05) is 17.3 Å². The number of ether oxygens (including phenoxy) is 1. The molecule has 1 N–H and O–H groups in total. The van der Waals surface area contributed by atoms with Gasteiger partial charge in [-0.2, -0.15) is 0 Å². The molecule has 3 rings (SSSR count). The number of benzene rings is 1. The lowest BCUT2D eigenvalue weighted by atomic mass is 9.96. The van der Waals surface area contributed by atoms with E-state index in [1.807, 2.05) is 19.2 Å². The SMILES string of the molecule is CC.CCOC(=O)C1=C(C)NC(c2nccs2)=NC1c1ccc(F)cc1. The molecule has 26 heavy (non-hydrogen) atoms. The fourth-order valence-corrected chi connectivity index (χ4v) is 3.07. The molecule has 1 unspecified atom stereocenters. The number of thiazole rings is 1. The number of rotatable bonds is 4. The third-order valence-corrected chi connectivity index (χ3v) is 4.34. The highest BCUT2D eigenvalue weighted by Crippen LogP contribution is 2.32. The summed E-state index contributed by atoms with van der Waals surface area (Å²) in [5.74, 6) is -0.182. The van der Waals surface area contributed by atoms with E-state index >= 15 is 0 Å². The monoisotopic (exact) mass is 375 g/mol. The summed E-state index contributed by atoms with van der Waals surface area (Å²) >= 11 is 1.45. The molecule has 5 nitrogen and oxygen atoms in total. The van der Waals surface area contributed by atoms with E-state index in [0.717, 1.165) is 5.01 Å². The molecule has 1 atom stereocenters. The molecular weight excluding hydrogens is 353 g/mol. The van der Waals surface area contributed by atoms with Crippen LogP contribution in [-0.4, -0.2) is 23.4 Å². The Morgan fingerprint density at radius 3 is 2.58 bits per heavy atom. The van der Waals surface area contributed by atoms with Gasteiger partial charge in [-0.05, 0) is 31.5 Å². The van der Waals surface area contributed by atoms with Crippen LogP contribution < -0.4 is 5.32 Å². The number of allylic oxidation sites excluding steroid dienone is 1. The average Bonchev–Trinajstić information content (AvgIpc) is 3.18. The van der Waals surface area contributed by atoms with E-state index in [4.69, 9.17) is 4.74 Å². The van der Waals surface area contributed by atoms with Crippen molar-refractivity contribution in [1.29, 1.82) is 0 Å². The Bertz CT molecular complexity index is 799. The van der Waals surface area contributed by atoms with Gasteiger partial charge in [0.15, 0.2) is 10.8 Å². The van der Waals surface area contributed by atoms with E-state index in [1.54, 1.807) is 32.2 Å². The fraction of sp³-hybridized carbons (Fsp3) is 0.316. The fourth-order valence-electron chi connectivity index (χ4n) is 2.48. The van der Waals surface area contributed by atoms with Crippen molar-refractivity contribution < 1.29 is 13.9 Å². The Labute approximate surface area is 156 Å². The van der Waals surface area contributed by atoms with E-state index in [1.165, 1.54) is 23.5 Å². The van der Waals surface area contributed by atoms with Crippen LogP contribution in [0.25, 0.3) is 0 Å². The van der Waals surface area contributed by atoms with Gasteiger partial charge in [0.25, 0.3) is 0 Å². The maximum absolute atomic E-state index is 13.2. The predicted octanol–water partition coefficient (Wildman–Crippen LogP) is 4.24. The minimum atomic E-state index is -0.565. The Balaban J connectivity index is 0.00000117. The number of esters is 1. The van der Waals surface area contributed by atoms with E-state index in [2.05, 4.69) is 15.3 Å². The molecule has 7 heteroatoms. The van der Waals surface area contributed by atoms with Crippen LogP contribution in [0.5, 0.6) is 0 Å². The molecular formula is C19H22FN3O2S. The molecule has 2 heterocycles. The van der Waals surface area contributed by atoms with Crippen LogP contribution in [0.2, 0.25) is 0 Å². The Hall–Kier alpha value is -2.54. The number of halogens is 1. The Morgan fingerprint density at radius 1 is 1.31 bits per heavy atom. The molecule has 138 valence electrons. The van der Waals surface area contributed by atoms with E-state index in [0.29, 0.717) is 22.7 Å². The largest absolute Gasteiger partial charge is 0.463 e. The molecule has 1 aromatic carbocycles. The standard InChI is InChI=1S/C17H16FN3O2S.C2H6/c1-3-23-17(22)13-10(2)20-15(16-19-8-9-24-16)21-14(13)11-4-6-12(18)7-5-11;1-2/h4-9,14H,3H2,1-2H3,(H,20,21);1-2H3. The van der Waals surface area contributed by atoms with Gasteiger partial charge in [-0.25, -0.2) is 14.2 Å². The minimum Gasteiger partial charge on any atom is -0.463 e. The molecule has 0 radical (unpaired) electrons. The number of hydrogen-bond donors (Lipinski definition) is 1. The van der Waals surface area contributed by atoms with Crippen LogP contribution in [0, 0.1) is 5.82 Å². The number of nitrogens with one attached hydrogen (secondary N) is 1. The number of aliphatic imine (C=N–C) groups is 1. The number of carbonyl (C=O) groups excluding carboxylic acids is 1. The normalized spacial score (nSPS) is 16.2. The molecule has 0 amide bonds. The third kappa shape index (κ3) is 4.35. The molecule has 0 fully saturated rings. The molecule has 0 saturated carbocycles. The molecule has 0 spiro atoms. The van der Waals surface area contributed by atoms with E-state index in [-0.39, 0.29) is 12.4 Å². The quantitative estimate of drug-likeness (QED) is 0.812. The first-order valence-electron chi connectivity index (χ1n) is 8.48. The van der Waals surface area contributed by atoms with Crippen LogP contribution in [-0.2, 0) is 9.53 Å². The zero-order valence-corrected chi connectivity index (χ0v) is 16.1. The van der Waals surface area contributed by atoms with Gasteiger partial charge in [0.1, 0.15) is 11.9 Å². The summed E-state index contributed by atoms with van der Waals surface area (Å²) in [5, 5.41) is 5.70. The number of amidine groups is 1. The van der Waals surface area contributed by atoms with E-state index < -0.39 is 12.0 Å². The second-order valence-corrected chi connectivity index (χ2v) is 6.05. The zero-order chi connectivity index (χ0) is 19.1. The molecule has 0 bridgehead atoms. The second-order valence-electron chi connectivity index (χ2n) is 5.15. The van der Waals surface area contributed by atoms with Crippen LogP contribution in [0.3, 0.4) is 0 Å². The molecule has 1 aromatic heterocycles. The van der Waals surface area contributed by atoms with Crippen LogP contribution in [0.4, 0.5) is 4.39 Å². The highest BCUT2D eigenvalue weighted by molar-refractivity contribution is 7.11. The summed E-state index contributed by atoms with van der Waals surface area (Å²) in [5.41, 5.74) is 1.79. The maximum atomic E-state index is 13.2. The number of aromatic nitrogens is 1. The first kappa shape index (κ1) is 19.8. The summed E-state index contributed by atoms with van der Waals surface area (Å²) in [7, 11) is 0. The lowest BCUT2D eigenvalue weighted by Crippen LogP contribution is -2.32. The van der Waals surface area contributed by atoms with Gasteiger partial charge in [-0.15, -0.1) is 11.3 Å². The molecule has 0 aliphatic carbocycles. The number of hydrogen-bond acceptors (Lipinski definition) is 6. The topological polar surface area (TPSA) is 63.6 Å². The predicted molar refractivity (Wildman–Crippen MR) is 102 cm³/mol. The van der Waals surface area contributed by atoms with Gasteiger partial charge < -0.3 is 10.1 Å². The van der Waals surface area contributed by atoms with Crippen molar-refractivity contribution in [3.05, 3.63) is 63.5 Å². The smallest absolute Gasteiger partial charge is 0.338 e. The first-order valence-corrected chi connectivity index (χ1v) is 9.36. The third-order valence-electron chi connectivity index (χ3n) is 3.56. The van der Waals surface area contributed by atoms with Crippen molar-refractivity contribution in [3.8, 4) is 0 Å². The average molecular weight is 375 g/mol. The van der Waals surface area contributed by atoms with Crippen LogP contribution in [0.1, 0.15) is 44.3 Å². The molecule has 1 aliphatic rings. The van der Waals surface area contributed by atoms with Crippen molar-refractivity contribution >= 4 is 23.1 Å². The molecule has 1 aliphatic heterocycles. The van der Waals surface area contributed by atoms with Gasteiger partial charge >= 0.3 is 5.97 Å². The summed E-state index contributed by atoms with van der Waals surface area (Å²) in [6.45, 7) is 7.82. The lowest BCUT2D eigenvalue weighted by molar-refractivity contribution is -0.138. The first-order chi connectivity index (χ1) is 12.6. The molecule has 2 aromatic rings. The van der Waals surface area contributed by atoms with Crippen molar-refractivity contribution in [2.75, 3.05) is 6.61 Å². The number of carbonyl (C=O) groups is 1. The minimum absolute atomic E-state index is 0.273.